The van der Waals surface area contributed by atoms with Gasteiger partial charge in [0, 0.05) is 46.6 Å². The van der Waals surface area contributed by atoms with E-state index < -0.39 is 149 Å². The van der Waals surface area contributed by atoms with Crippen LogP contribution in [-0.4, -0.2) is 239 Å². The molecule has 0 bridgehead atoms. The molecule has 27 heteroatoms. The monoisotopic (exact) mass is 993 g/mol. The number of rotatable bonds is 24. The maximum Gasteiger partial charge on any atom is 0.327 e. The molecule has 26 nitrogen and oxygen atoms in total. The van der Waals surface area contributed by atoms with E-state index in [0.717, 1.165) is 6.92 Å². The van der Waals surface area contributed by atoms with Crippen LogP contribution in [0.25, 0.3) is 0 Å². The van der Waals surface area contributed by atoms with Crippen LogP contribution in [0.3, 0.4) is 0 Å². The molecule has 4 fully saturated rings. The van der Waals surface area contributed by atoms with Crippen LogP contribution in [0.2, 0.25) is 0 Å². The molecule has 0 aromatic rings. The van der Waals surface area contributed by atoms with Gasteiger partial charge in [0.15, 0.2) is 18.9 Å². The van der Waals surface area contributed by atoms with Crippen molar-refractivity contribution < 1.29 is 112 Å². The number of aliphatic hydroxyl groups is 10. The molecule has 0 aromatic heterocycles. The van der Waals surface area contributed by atoms with E-state index in [4.69, 9.17) is 42.2 Å². The van der Waals surface area contributed by atoms with Gasteiger partial charge in [0.05, 0.1) is 44.7 Å². The molecule has 3 amide bonds. The number of hydrogen-bond donors (Lipinski definition) is 13. The van der Waals surface area contributed by atoms with Crippen molar-refractivity contribution >= 4 is 25.3 Å². The lowest BCUT2D eigenvalue weighted by Gasteiger charge is -2.51. The van der Waals surface area contributed by atoms with E-state index in [-0.39, 0.29) is 63.8 Å². The van der Waals surface area contributed by atoms with Gasteiger partial charge in [-0.1, -0.05) is 6.92 Å². The van der Waals surface area contributed by atoms with Gasteiger partial charge in [0.2, 0.25) is 17.7 Å². The van der Waals surface area contributed by atoms with Crippen LogP contribution in [0, 0.1) is 5.92 Å². The second kappa shape index (κ2) is 26.9. The first-order valence-electron chi connectivity index (χ1n) is 22.4. The molecule has 3 heterocycles. The Morgan fingerprint density at radius 1 is 0.642 bits per heavy atom. The summed E-state index contributed by atoms with van der Waals surface area (Å²) < 4.78 is 63.9. The van der Waals surface area contributed by atoms with Gasteiger partial charge in [0.1, 0.15) is 79.3 Å². The summed E-state index contributed by atoms with van der Waals surface area (Å²) in [5.41, 5.74) is 0. The standard InChI is InChI=1S/C40H72N3O23P/c1-18-15-21(29(51)31(53)27(18)49)62-35-23(17-45)64-38(59-13-8-11-41-24(47)9-6-7-10-25(48)42-12-14-60-67(5,57)58-4)26(43-20(3)46)36(35)65-40-37(33(55)30(52)22(16-44)63-40)66-39-34(56)32(54)28(50)19(2)61-39/h18-19,21-23,26-40,44-45,49-56H,6-17H2,1-5H3,(H,41,47)(H,42,48)(H,43,46)/t18?,19?,21-,22?,23?,26?,27-,28-,29-,30+,31?,32?,33+,34+,35-,36-,37?,38-,39+,40+,67?/m1/s1. The molecule has 3 aliphatic heterocycles. The predicted molar refractivity (Wildman–Crippen MR) is 225 cm³/mol. The van der Waals surface area contributed by atoms with E-state index >= 15 is 0 Å². The summed E-state index contributed by atoms with van der Waals surface area (Å²) in [7, 11) is -1.90. The summed E-state index contributed by atoms with van der Waals surface area (Å²) in [6.45, 7) is 3.94. The van der Waals surface area contributed by atoms with Crippen LogP contribution < -0.4 is 16.0 Å². The van der Waals surface area contributed by atoms with Crippen LogP contribution in [0.5, 0.6) is 0 Å². The van der Waals surface area contributed by atoms with E-state index in [1.54, 1.807) is 6.92 Å². The van der Waals surface area contributed by atoms with Crippen molar-refractivity contribution in [3.8, 4) is 0 Å². The molecule has 21 atom stereocenters. The van der Waals surface area contributed by atoms with E-state index in [0.29, 0.717) is 12.8 Å². The molecule has 0 aromatic carbocycles. The molecule has 1 aliphatic carbocycles. The van der Waals surface area contributed by atoms with E-state index in [1.807, 2.05) is 0 Å². The average molecular weight is 994 g/mol. The van der Waals surface area contributed by atoms with Gasteiger partial charge in [-0.25, -0.2) is 0 Å². The number of amides is 3. The van der Waals surface area contributed by atoms with Gasteiger partial charge in [-0.05, 0) is 38.5 Å². The number of carbonyl (C=O) groups is 3. The van der Waals surface area contributed by atoms with Crippen LogP contribution in [0.4, 0.5) is 0 Å². The molecule has 4 rings (SSSR count). The second-order valence-corrected chi connectivity index (χ2v) is 19.4. The average Bonchev–Trinajstić information content (AvgIpc) is 3.29. The van der Waals surface area contributed by atoms with Crippen LogP contribution in [0.15, 0.2) is 0 Å². The first kappa shape index (κ1) is 57.5. The minimum absolute atomic E-state index is 0.00547. The van der Waals surface area contributed by atoms with Crippen LogP contribution in [0.1, 0.15) is 59.3 Å². The van der Waals surface area contributed by atoms with Crippen LogP contribution >= 0.6 is 7.60 Å². The molecule has 0 radical (unpaired) electrons. The fraction of sp³-hybridized carbons (Fsp3) is 0.925. The van der Waals surface area contributed by atoms with E-state index in [2.05, 4.69) is 16.0 Å². The van der Waals surface area contributed by atoms with Gasteiger partial charge in [-0.2, -0.15) is 0 Å². The number of carbonyl (C=O) groups excluding carboxylic acids is 3. The second-order valence-electron chi connectivity index (χ2n) is 17.3. The maximum atomic E-state index is 12.9. The number of hydrogen-bond acceptors (Lipinski definition) is 23. The Morgan fingerprint density at radius 2 is 1.24 bits per heavy atom. The van der Waals surface area contributed by atoms with Gasteiger partial charge in [0.25, 0.3) is 0 Å². The number of unbranched alkanes of at least 4 members (excludes halogenated alkanes) is 1. The molecular weight excluding hydrogens is 921 g/mol. The third-order valence-corrected chi connectivity index (χ3v) is 13.4. The third-order valence-electron chi connectivity index (χ3n) is 12.1. The molecule has 0 spiro atoms. The van der Waals surface area contributed by atoms with Gasteiger partial charge < -0.3 is 109 Å². The van der Waals surface area contributed by atoms with Crippen molar-refractivity contribution in [3.05, 3.63) is 0 Å². The minimum atomic E-state index is -3.16. The topological polar surface area (TPSA) is 390 Å². The summed E-state index contributed by atoms with van der Waals surface area (Å²) >= 11 is 0. The fourth-order valence-corrected chi connectivity index (χ4v) is 8.63. The molecule has 3 saturated heterocycles. The Kier molecular flexibility index (Phi) is 23.1. The van der Waals surface area contributed by atoms with Gasteiger partial charge in [-0.3, -0.25) is 18.9 Å². The Hall–Kier alpha value is -2.12. The molecule has 390 valence electrons. The van der Waals surface area contributed by atoms with Gasteiger partial charge in [-0.15, -0.1) is 0 Å². The zero-order chi connectivity index (χ0) is 49.7. The zero-order valence-corrected chi connectivity index (χ0v) is 39.2. The Bertz CT molecular complexity index is 1590. The predicted octanol–water partition coefficient (Wildman–Crippen LogP) is -5.19. The third kappa shape index (κ3) is 15.9. The van der Waals surface area contributed by atoms with Gasteiger partial charge >= 0.3 is 7.60 Å². The van der Waals surface area contributed by atoms with Crippen molar-refractivity contribution in [1.82, 2.24) is 16.0 Å². The fourth-order valence-electron chi connectivity index (χ4n) is 8.10. The highest BCUT2D eigenvalue weighted by atomic mass is 31.2. The summed E-state index contributed by atoms with van der Waals surface area (Å²) in [4.78, 5) is 37.5. The zero-order valence-electron chi connectivity index (χ0n) is 38.3. The largest absolute Gasteiger partial charge is 0.394 e. The lowest BCUT2D eigenvalue weighted by molar-refractivity contribution is -0.384. The first-order chi connectivity index (χ1) is 31.6. The van der Waals surface area contributed by atoms with Crippen molar-refractivity contribution in [2.75, 3.05) is 53.3 Å². The smallest absolute Gasteiger partial charge is 0.327 e. The summed E-state index contributed by atoms with van der Waals surface area (Å²) in [5.74, 6) is -1.83. The normalized spacial score (nSPS) is 40.1. The molecule has 9 unspecified atom stereocenters. The molecule has 67 heavy (non-hydrogen) atoms. The Labute approximate surface area is 388 Å². The molecule has 13 N–H and O–H groups in total. The number of nitrogens with one attached hydrogen (secondary N) is 3. The first-order valence-corrected chi connectivity index (χ1v) is 24.4. The number of ether oxygens (including phenoxy) is 7. The van der Waals surface area contributed by atoms with E-state index in [1.165, 1.54) is 20.7 Å². The molecule has 4 aliphatic rings. The van der Waals surface area contributed by atoms with Crippen molar-refractivity contribution in [3.63, 3.8) is 0 Å². The van der Waals surface area contributed by atoms with Crippen molar-refractivity contribution in [2.24, 2.45) is 5.92 Å². The lowest BCUT2D eigenvalue weighted by atomic mass is 9.81. The Morgan fingerprint density at radius 3 is 1.85 bits per heavy atom. The summed E-state index contributed by atoms with van der Waals surface area (Å²) in [5, 5.41) is 115. The van der Waals surface area contributed by atoms with Crippen molar-refractivity contribution in [1.29, 1.82) is 0 Å². The quantitative estimate of drug-likeness (QED) is 0.0318. The number of aliphatic hydroxyl groups excluding tert-OH is 10. The minimum Gasteiger partial charge on any atom is -0.394 e. The highest BCUT2D eigenvalue weighted by Crippen LogP contribution is 2.42. The Balaban J connectivity index is 1.49. The van der Waals surface area contributed by atoms with Crippen LogP contribution in [-0.2, 0) is 61.2 Å². The van der Waals surface area contributed by atoms with E-state index in [9.17, 15) is 70.0 Å². The lowest BCUT2D eigenvalue weighted by Crippen LogP contribution is -2.70. The van der Waals surface area contributed by atoms with Crippen molar-refractivity contribution in [2.45, 2.75) is 176 Å². The highest BCUT2D eigenvalue weighted by molar-refractivity contribution is 7.52. The maximum absolute atomic E-state index is 12.9. The molecule has 1 saturated carbocycles. The summed E-state index contributed by atoms with van der Waals surface area (Å²) in [6.07, 6.45) is -27.6. The summed E-state index contributed by atoms with van der Waals surface area (Å²) in [6, 6.07) is -1.40. The SMILES string of the molecule is COP(C)(=O)OCCNC(=O)CCCCC(=O)NCCCO[C@@H]1OC(CO)[C@@H](O[C@@H]2CC(C)[C@@H](O)C(O)[C@@H]2O)[C@H](O[C@@H]2OC(CO)[C@H](O)[C@H](O)C2O[C@@H]2OC(C)[C@@H](O)C(O)[C@@H]2O)C1NC(C)=O. The molecular formula is C40H72N3O23P. The highest BCUT2D eigenvalue weighted by Gasteiger charge is 2.56.